The van der Waals surface area contributed by atoms with Gasteiger partial charge in [0.2, 0.25) is 0 Å². The van der Waals surface area contributed by atoms with E-state index in [0.29, 0.717) is 47.4 Å². The summed E-state index contributed by atoms with van der Waals surface area (Å²) in [7, 11) is 4.82. The molecule has 156 valence electrons. The van der Waals surface area contributed by atoms with Gasteiger partial charge in [-0.15, -0.1) is 0 Å². The van der Waals surface area contributed by atoms with Gasteiger partial charge >= 0.3 is 0 Å². The number of benzene rings is 2. The van der Waals surface area contributed by atoms with Crippen LogP contribution in [0.4, 0.5) is 11.5 Å². The van der Waals surface area contributed by atoms with Gasteiger partial charge in [0, 0.05) is 31.0 Å². The lowest BCUT2D eigenvalue weighted by Crippen LogP contribution is -2.18. The van der Waals surface area contributed by atoms with E-state index >= 15 is 0 Å². The summed E-state index contributed by atoms with van der Waals surface area (Å²) in [6.07, 6.45) is 0. The highest BCUT2D eigenvalue weighted by molar-refractivity contribution is 6.07. The molecule has 0 aliphatic rings. The van der Waals surface area contributed by atoms with Gasteiger partial charge in [-0.1, -0.05) is 18.2 Å². The molecule has 0 saturated carbocycles. The third-order valence-corrected chi connectivity index (χ3v) is 4.45. The van der Waals surface area contributed by atoms with Gasteiger partial charge in [0.15, 0.2) is 0 Å². The molecule has 2 N–H and O–H groups in total. The molecule has 0 bridgehead atoms. The molecule has 0 saturated heterocycles. The van der Waals surface area contributed by atoms with Crippen LogP contribution in [-0.2, 0) is 4.74 Å². The Morgan fingerprint density at radius 2 is 1.80 bits per heavy atom. The number of para-hydroxylation sites is 1. The van der Waals surface area contributed by atoms with Gasteiger partial charge in [-0.05, 0) is 36.4 Å². The largest absolute Gasteiger partial charge is 0.497 e. The average Bonchev–Trinajstić information content (AvgIpc) is 2.79. The van der Waals surface area contributed by atoms with Crippen LogP contribution >= 0.6 is 0 Å². The number of hydrogen-bond acceptors (Lipinski definition) is 6. The Morgan fingerprint density at radius 1 is 0.967 bits per heavy atom. The Bertz CT molecular complexity index is 1010. The van der Waals surface area contributed by atoms with E-state index in [0.717, 1.165) is 5.56 Å². The molecule has 1 heterocycles. The molecular weight excluding hydrogens is 382 g/mol. The van der Waals surface area contributed by atoms with Crippen LogP contribution in [0.3, 0.4) is 0 Å². The maximum Gasteiger partial charge on any atom is 0.259 e. The highest BCUT2D eigenvalue weighted by Crippen LogP contribution is 2.30. The van der Waals surface area contributed by atoms with Crippen LogP contribution in [0, 0.1) is 0 Å². The third kappa shape index (κ3) is 5.07. The number of pyridine rings is 1. The Balaban J connectivity index is 1.93. The van der Waals surface area contributed by atoms with Gasteiger partial charge in [0.1, 0.15) is 17.3 Å². The molecule has 3 rings (SSSR count). The van der Waals surface area contributed by atoms with Crippen molar-refractivity contribution in [2.24, 2.45) is 0 Å². The minimum Gasteiger partial charge on any atom is -0.497 e. The van der Waals surface area contributed by atoms with Gasteiger partial charge in [0.05, 0.1) is 32.1 Å². The van der Waals surface area contributed by atoms with Crippen LogP contribution < -0.4 is 20.1 Å². The lowest BCUT2D eigenvalue weighted by atomic mass is 10.1. The number of methoxy groups -OCH3 is 3. The van der Waals surface area contributed by atoms with Crippen LogP contribution in [0.1, 0.15) is 10.4 Å². The predicted octanol–water partition coefficient (Wildman–Crippen LogP) is 4.08. The van der Waals surface area contributed by atoms with E-state index in [1.165, 1.54) is 0 Å². The second-order valence-corrected chi connectivity index (χ2v) is 6.40. The summed E-state index contributed by atoms with van der Waals surface area (Å²) >= 11 is 0. The minimum absolute atomic E-state index is 0.276. The Morgan fingerprint density at radius 3 is 2.57 bits per heavy atom. The molecule has 0 fully saturated rings. The topological polar surface area (TPSA) is 81.7 Å². The van der Waals surface area contributed by atoms with E-state index in [1.807, 2.05) is 36.4 Å². The van der Waals surface area contributed by atoms with Crippen LogP contribution in [-0.4, -0.2) is 45.4 Å². The molecule has 0 spiro atoms. The average molecular weight is 407 g/mol. The monoisotopic (exact) mass is 407 g/mol. The molecule has 3 aromatic rings. The van der Waals surface area contributed by atoms with E-state index in [1.54, 1.807) is 45.6 Å². The molecule has 7 heteroatoms. The molecule has 1 aromatic heterocycles. The maximum atomic E-state index is 13.0. The number of carbonyl (C=O) groups is 1. The van der Waals surface area contributed by atoms with Crippen molar-refractivity contribution in [3.63, 3.8) is 0 Å². The second-order valence-electron chi connectivity index (χ2n) is 6.40. The molecule has 2 aromatic carbocycles. The number of hydrogen-bond donors (Lipinski definition) is 2. The fraction of sp³-hybridized carbons (Fsp3) is 0.217. The fourth-order valence-electron chi connectivity index (χ4n) is 2.95. The summed E-state index contributed by atoms with van der Waals surface area (Å²) in [5.74, 6) is 1.57. The van der Waals surface area contributed by atoms with Crippen LogP contribution in [0.15, 0.2) is 60.7 Å². The number of ether oxygens (including phenoxy) is 3. The minimum atomic E-state index is -0.276. The number of amides is 1. The summed E-state index contributed by atoms with van der Waals surface area (Å²) in [5.41, 5.74) is 2.60. The molecule has 30 heavy (non-hydrogen) atoms. The Kier molecular flexibility index (Phi) is 7.24. The summed E-state index contributed by atoms with van der Waals surface area (Å²) in [4.78, 5) is 17.6. The SMILES string of the molecule is COCCNc1nc(-c2ccccc2OC)ccc1C(=O)Nc1cccc(OC)c1. The normalized spacial score (nSPS) is 10.4. The van der Waals surface area contributed by atoms with Crippen LogP contribution in [0.25, 0.3) is 11.3 Å². The summed E-state index contributed by atoms with van der Waals surface area (Å²) in [6, 6.07) is 18.4. The van der Waals surface area contributed by atoms with Crippen molar-refractivity contribution >= 4 is 17.4 Å². The first-order valence-electron chi connectivity index (χ1n) is 9.49. The van der Waals surface area contributed by atoms with Gasteiger partial charge in [-0.2, -0.15) is 0 Å². The van der Waals surface area contributed by atoms with E-state index in [4.69, 9.17) is 14.2 Å². The summed E-state index contributed by atoms with van der Waals surface area (Å²) in [6.45, 7) is 0.996. The summed E-state index contributed by atoms with van der Waals surface area (Å²) < 4.78 is 15.8. The zero-order valence-electron chi connectivity index (χ0n) is 17.3. The lowest BCUT2D eigenvalue weighted by molar-refractivity contribution is 0.102. The molecule has 1 amide bonds. The Hall–Kier alpha value is -3.58. The van der Waals surface area contributed by atoms with Crippen LogP contribution in [0.2, 0.25) is 0 Å². The first-order chi connectivity index (χ1) is 14.7. The number of nitrogens with zero attached hydrogens (tertiary/aromatic N) is 1. The smallest absolute Gasteiger partial charge is 0.259 e. The molecular formula is C23H25N3O4. The molecule has 0 aliphatic carbocycles. The predicted molar refractivity (Wildman–Crippen MR) is 118 cm³/mol. The number of rotatable bonds is 9. The molecule has 0 radical (unpaired) electrons. The zero-order valence-corrected chi connectivity index (χ0v) is 17.3. The molecule has 0 unspecified atom stereocenters. The van der Waals surface area contributed by atoms with Gasteiger partial charge in [-0.3, -0.25) is 4.79 Å². The Labute approximate surface area is 176 Å². The van der Waals surface area contributed by atoms with Crippen molar-refractivity contribution in [2.75, 3.05) is 45.1 Å². The van der Waals surface area contributed by atoms with Gasteiger partial charge < -0.3 is 24.8 Å². The van der Waals surface area contributed by atoms with Crippen molar-refractivity contribution in [3.8, 4) is 22.8 Å². The highest BCUT2D eigenvalue weighted by Gasteiger charge is 2.16. The lowest BCUT2D eigenvalue weighted by Gasteiger charge is -2.14. The number of carbonyl (C=O) groups excluding carboxylic acids is 1. The molecule has 0 aliphatic heterocycles. The van der Waals surface area contributed by atoms with Crippen molar-refractivity contribution in [3.05, 3.63) is 66.2 Å². The van der Waals surface area contributed by atoms with Crippen LogP contribution in [0.5, 0.6) is 11.5 Å². The fourth-order valence-corrected chi connectivity index (χ4v) is 2.95. The van der Waals surface area contributed by atoms with Crippen molar-refractivity contribution in [2.45, 2.75) is 0 Å². The van der Waals surface area contributed by atoms with Crippen molar-refractivity contribution < 1.29 is 19.0 Å². The summed E-state index contributed by atoms with van der Waals surface area (Å²) in [5, 5.41) is 6.08. The van der Waals surface area contributed by atoms with E-state index in [2.05, 4.69) is 15.6 Å². The highest BCUT2D eigenvalue weighted by atomic mass is 16.5. The number of aromatic nitrogens is 1. The number of anilines is 2. The second kappa shape index (κ2) is 10.3. The molecule has 0 atom stereocenters. The van der Waals surface area contributed by atoms with Gasteiger partial charge in [0.25, 0.3) is 5.91 Å². The van der Waals surface area contributed by atoms with Crippen molar-refractivity contribution in [1.29, 1.82) is 0 Å². The zero-order chi connectivity index (χ0) is 21.3. The van der Waals surface area contributed by atoms with E-state index in [-0.39, 0.29) is 5.91 Å². The maximum absolute atomic E-state index is 13.0. The van der Waals surface area contributed by atoms with Gasteiger partial charge in [-0.25, -0.2) is 4.98 Å². The standard InChI is InChI=1S/C23H25N3O4/c1-28-14-13-24-22-19(23(27)25-16-7-6-8-17(15-16)29-2)11-12-20(26-22)18-9-4-5-10-21(18)30-3/h4-12,15H,13-14H2,1-3H3,(H,24,26)(H,25,27). The van der Waals surface area contributed by atoms with E-state index < -0.39 is 0 Å². The van der Waals surface area contributed by atoms with E-state index in [9.17, 15) is 4.79 Å². The quantitative estimate of drug-likeness (QED) is 0.520. The third-order valence-electron chi connectivity index (χ3n) is 4.45. The number of nitrogens with one attached hydrogen (secondary N) is 2. The van der Waals surface area contributed by atoms with Crippen molar-refractivity contribution in [1.82, 2.24) is 4.98 Å². The molecule has 7 nitrogen and oxygen atoms in total. The first-order valence-corrected chi connectivity index (χ1v) is 9.49. The first kappa shape index (κ1) is 21.1.